The van der Waals surface area contributed by atoms with Crippen LogP contribution in [0.1, 0.15) is 26.7 Å². The Morgan fingerprint density at radius 3 is 2.17 bits per heavy atom. The molecule has 2 amide bonds. The van der Waals surface area contributed by atoms with Crippen LogP contribution in [0.25, 0.3) is 11.0 Å². The molecule has 0 bridgehead atoms. The van der Waals surface area contributed by atoms with Crippen LogP contribution >= 0.6 is 11.6 Å². The van der Waals surface area contributed by atoms with Gasteiger partial charge in [-0.2, -0.15) is 0 Å². The second-order valence-electron chi connectivity index (χ2n) is 7.41. The van der Waals surface area contributed by atoms with Crippen molar-refractivity contribution in [1.29, 1.82) is 0 Å². The maximum absolute atomic E-state index is 12.8. The van der Waals surface area contributed by atoms with Crippen molar-refractivity contribution < 1.29 is 4.79 Å². The summed E-state index contributed by atoms with van der Waals surface area (Å²) in [4.78, 5) is 27.8. The van der Waals surface area contributed by atoms with E-state index in [4.69, 9.17) is 11.6 Å². The van der Waals surface area contributed by atoms with Crippen molar-refractivity contribution in [3.63, 3.8) is 0 Å². The number of carbonyl (C=O) groups excluding carboxylic acids is 1. The predicted molar refractivity (Wildman–Crippen MR) is 123 cm³/mol. The number of urea groups is 1. The van der Waals surface area contributed by atoms with Crippen LogP contribution in [0.3, 0.4) is 0 Å². The molecule has 2 heterocycles. The Bertz CT molecular complexity index is 1130. The molecular formula is C22H26ClN5O2. The van der Waals surface area contributed by atoms with Crippen molar-refractivity contribution in [2.24, 2.45) is 0 Å². The van der Waals surface area contributed by atoms with Crippen molar-refractivity contribution >= 4 is 45.7 Å². The van der Waals surface area contributed by atoms with Gasteiger partial charge in [-0.25, -0.2) is 9.59 Å². The molecule has 30 heavy (non-hydrogen) atoms. The minimum atomic E-state index is -0.336. The average Bonchev–Trinajstić information content (AvgIpc) is 3.34. The van der Waals surface area contributed by atoms with E-state index in [0.29, 0.717) is 29.5 Å². The van der Waals surface area contributed by atoms with E-state index in [1.54, 1.807) is 33.4 Å². The third-order valence-electron chi connectivity index (χ3n) is 5.57. The summed E-state index contributed by atoms with van der Waals surface area (Å²) in [6.45, 7) is 6.97. The van der Waals surface area contributed by atoms with Crippen LogP contribution in [0.5, 0.6) is 0 Å². The highest BCUT2D eigenvalue weighted by Crippen LogP contribution is 2.33. The smallest absolute Gasteiger partial charge is 0.329 e. The maximum Gasteiger partial charge on any atom is 0.329 e. The van der Waals surface area contributed by atoms with Gasteiger partial charge in [0.25, 0.3) is 0 Å². The molecular weight excluding hydrogens is 402 g/mol. The third kappa shape index (κ3) is 3.77. The van der Waals surface area contributed by atoms with Crippen LogP contribution in [0.2, 0.25) is 5.02 Å². The summed E-state index contributed by atoms with van der Waals surface area (Å²) >= 11 is 5.92. The van der Waals surface area contributed by atoms with Crippen molar-refractivity contribution in [3.8, 4) is 0 Å². The number of hydrogen-bond donors (Lipinski definition) is 2. The zero-order chi connectivity index (χ0) is 21.3. The van der Waals surface area contributed by atoms with Gasteiger partial charge < -0.3 is 15.5 Å². The molecule has 1 fully saturated rings. The number of nitrogens with zero attached hydrogens (tertiary/aromatic N) is 3. The Morgan fingerprint density at radius 2 is 1.57 bits per heavy atom. The number of amides is 2. The van der Waals surface area contributed by atoms with Gasteiger partial charge in [0.2, 0.25) is 0 Å². The summed E-state index contributed by atoms with van der Waals surface area (Å²) in [5, 5.41) is 6.44. The van der Waals surface area contributed by atoms with E-state index in [1.165, 1.54) is 0 Å². The first-order chi connectivity index (χ1) is 14.5. The molecule has 1 aliphatic heterocycles. The fourth-order valence-corrected chi connectivity index (χ4v) is 4.22. The van der Waals surface area contributed by atoms with Gasteiger partial charge >= 0.3 is 11.7 Å². The molecule has 2 aromatic carbocycles. The summed E-state index contributed by atoms with van der Waals surface area (Å²) < 4.78 is 3.53. The molecule has 0 saturated carbocycles. The lowest BCUT2D eigenvalue weighted by Crippen LogP contribution is -2.24. The number of nitrogens with one attached hydrogen (secondary N) is 2. The Morgan fingerprint density at radius 1 is 0.967 bits per heavy atom. The van der Waals surface area contributed by atoms with Crippen LogP contribution in [0.4, 0.5) is 21.9 Å². The highest BCUT2D eigenvalue weighted by atomic mass is 35.5. The van der Waals surface area contributed by atoms with Crippen LogP contribution in [0.15, 0.2) is 41.2 Å². The van der Waals surface area contributed by atoms with Gasteiger partial charge in [-0.15, -0.1) is 0 Å². The van der Waals surface area contributed by atoms with E-state index < -0.39 is 0 Å². The molecule has 1 aromatic heterocycles. The second-order valence-corrected chi connectivity index (χ2v) is 7.85. The van der Waals surface area contributed by atoms with Gasteiger partial charge in [0.05, 0.1) is 22.4 Å². The topological polar surface area (TPSA) is 71.3 Å². The number of benzene rings is 2. The summed E-state index contributed by atoms with van der Waals surface area (Å²) in [7, 11) is 0. The summed E-state index contributed by atoms with van der Waals surface area (Å²) in [6, 6.07) is 10.6. The van der Waals surface area contributed by atoms with Gasteiger partial charge in [0.15, 0.2) is 0 Å². The maximum atomic E-state index is 12.8. The lowest BCUT2D eigenvalue weighted by molar-refractivity contribution is 0.262. The van der Waals surface area contributed by atoms with Gasteiger partial charge in [0, 0.05) is 36.9 Å². The minimum Gasteiger partial charge on any atom is -0.370 e. The molecule has 7 nitrogen and oxygen atoms in total. The van der Waals surface area contributed by atoms with Gasteiger partial charge in [-0.05, 0) is 63.1 Å². The molecule has 3 aromatic rings. The van der Waals surface area contributed by atoms with Crippen LogP contribution in [0, 0.1) is 0 Å². The number of carbonyl (C=O) groups is 1. The van der Waals surface area contributed by atoms with Gasteiger partial charge in [0.1, 0.15) is 0 Å². The van der Waals surface area contributed by atoms with Crippen molar-refractivity contribution in [2.75, 3.05) is 28.6 Å². The number of halogens is 1. The Labute approximate surface area is 180 Å². The quantitative estimate of drug-likeness (QED) is 0.617. The first kappa shape index (κ1) is 20.3. The summed E-state index contributed by atoms with van der Waals surface area (Å²) in [5.74, 6) is 0. The standard InChI is InChI=1S/C22H26ClN5O2/c1-3-27-19-13-17(25-21(29)24-16-9-7-15(23)8-10-16)18(26-11-5-6-12-26)14-20(19)28(4-2)22(27)30/h7-10,13-14H,3-6,11-12H2,1-2H3,(H2,24,25,29). The van der Waals surface area contributed by atoms with Crippen LogP contribution < -0.4 is 21.2 Å². The Balaban J connectivity index is 1.74. The van der Waals surface area contributed by atoms with E-state index in [-0.39, 0.29) is 11.7 Å². The average molecular weight is 428 g/mol. The zero-order valence-corrected chi connectivity index (χ0v) is 18.0. The first-order valence-electron chi connectivity index (χ1n) is 10.4. The highest BCUT2D eigenvalue weighted by molar-refractivity contribution is 6.30. The van der Waals surface area contributed by atoms with Crippen molar-refractivity contribution in [3.05, 3.63) is 51.9 Å². The SMILES string of the molecule is CCn1c(=O)n(CC)c2cc(N3CCCC3)c(NC(=O)Nc3ccc(Cl)cc3)cc21. The molecule has 158 valence electrons. The van der Waals surface area contributed by atoms with Gasteiger partial charge in [-0.3, -0.25) is 9.13 Å². The van der Waals surface area contributed by atoms with Gasteiger partial charge in [-0.1, -0.05) is 11.6 Å². The molecule has 8 heteroatoms. The normalized spacial score (nSPS) is 13.8. The zero-order valence-electron chi connectivity index (χ0n) is 17.2. The number of fused-ring (bicyclic) bond motifs is 1. The molecule has 0 spiro atoms. The molecule has 1 saturated heterocycles. The molecule has 0 radical (unpaired) electrons. The number of rotatable bonds is 5. The minimum absolute atomic E-state index is 0.0230. The van der Waals surface area contributed by atoms with Crippen LogP contribution in [-0.2, 0) is 13.1 Å². The molecule has 4 rings (SSSR count). The van der Waals surface area contributed by atoms with E-state index >= 15 is 0 Å². The fourth-order valence-electron chi connectivity index (χ4n) is 4.10. The predicted octanol–water partition coefficient (Wildman–Crippen LogP) is 4.74. The highest BCUT2D eigenvalue weighted by Gasteiger charge is 2.21. The Hall–Kier alpha value is -2.93. The molecule has 1 aliphatic rings. The lowest BCUT2D eigenvalue weighted by Gasteiger charge is -2.22. The molecule has 0 unspecified atom stereocenters. The first-order valence-corrected chi connectivity index (χ1v) is 10.7. The van der Waals surface area contributed by atoms with E-state index in [2.05, 4.69) is 15.5 Å². The number of anilines is 3. The van der Waals surface area contributed by atoms with Crippen molar-refractivity contribution in [2.45, 2.75) is 39.8 Å². The van der Waals surface area contributed by atoms with Crippen LogP contribution in [-0.4, -0.2) is 28.3 Å². The van der Waals surface area contributed by atoms with E-state index in [0.717, 1.165) is 42.7 Å². The number of imidazole rings is 1. The molecule has 0 atom stereocenters. The number of hydrogen-bond acceptors (Lipinski definition) is 3. The summed E-state index contributed by atoms with van der Waals surface area (Å²) in [6.07, 6.45) is 2.23. The largest absolute Gasteiger partial charge is 0.370 e. The van der Waals surface area contributed by atoms with E-state index in [9.17, 15) is 9.59 Å². The second kappa shape index (κ2) is 8.44. The molecule has 2 N–H and O–H groups in total. The van der Waals surface area contributed by atoms with Crippen molar-refractivity contribution in [1.82, 2.24) is 9.13 Å². The monoisotopic (exact) mass is 427 g/mol. The van der Waals surface area contributed by atoms with E-state index in [1.807, 2.05) is 26.0 Å². The number of aromatic nitrogens is 2. The Kier molecular flexibility index (Phi) is 5.72. The number of aryl methyl sites for hydroxylation is 2. The lowest BCUT2D eigenvalue weighted by atomic mass is 10.2. The fraction of sp³-hybridized carbons (Fsp3) is 0.364. The third-order valence-corrected chi connectivity index (χ3v) is 5.82. The molecule has 0 aliphatic carbocycles. The summed E-state index contributed by atoms with van der Waals surface area (Å²) in [5.41, 5.74) is 4.01.